The zero-order valence-electron chi connectivity index (χ0n) is 8.20. The van der Waals surface area contributed by atoms with E-state index in [0.29, 0.717) is 17.7 Å². The molecule has 0 atom stereocenters. The van der Waals surface area contributed by atoms with E-state index in [-0.39, 0.29) is 5.78 Å². The Morgan fingerprint density at radius 1 is 1.57 bits per heavy atom. The number of ether oxygens (including phenoxy) is 1. The molecule has 14 heavy (non-hydrogen) atoms. The Balaban J connectivity index is 3.03. The number of carbonyl (C=O) groups is 1. The molecular formula is C11H11NO2. The molecule has 0 aliphatic carbocycles. The van der Waals surface area contributed by atoms with Gasteiger partial charge in [0.15, 0.2) is 0 Å². The number of methoxy groups -OCH3 is 1. The molecular weight excluding hydrogens is 178 g/mol. The molecule has 0 amide bonds. The van der Waals surface area contributed by atoms with Crippen molar-refractivity contribution in [1.82, 2.24) is 0 Å². The van der Waals surface area contributed by atoms with E-state index in [0.717, 1.165) is 5.56 Å². The van der Waals surface area contributed by atoms with Crippen LogP contribution in [0.3, 0.4) is 0 Å². The highest BCUT2D eigenvalue weighted by atomic mass is 16.5. The molecule has 1 rings (SSSR count). The molecule has 1 aromatic rings. The number of Topliss-reactive ketones (excluding diaryl/α,β-unsaturated/α-hetero) is 1. The number of carbonyl (C=O) groups excluding carboxylic acids is 1. The highest BCUT2D eigenvalue weighted by Gasteiger charge is 2.04. The molecule has 0 N–H and O–H groups in total. The fraction of sp³-hybridized carbons (Fsp3) is 0.273. The van der Waals surface area contributed by atoms with Gasteiger partial charge >= 0.3 is 0 Å². The third kappa shape index (κ3) is 2.33. The molecule has 0 aliphatic rings. The fourth-order valence-corrected chi connectivity index (χ4v) is 1.23. The molecule has 0 spiro atoms. The summed E-state index contributed by atoms with van der Waals surface area (Å²) in [6, 6.07) is 7.17. The van der Waals surface area contributed by atoms with E-state index in [1.807, 2.05) is 6.07 Å². The number of ketones is 1. The third-order valence-corrected chi connectivity index (χ3v) is 1.84. The Labute approximate surface area is 82.9 Å². The molecule has 0 saturated heterocycles. The molecule has 1 aromatic carbocycles. The van der Waals surface area contributed by atoms with Gasteiger partial charge in [-0.15, -0.1) is 0 Å². The third-order valence-electron chi connectivity index (χ3n) is 1.84. The topological polar surface area (TPSA) is 50.1 Å². The van der Waals surface area contributed by atoms with Crippen LogP contribution in [0.4, 0.5) is 0 Å². The van der Waals surface area contributed by atoms with Gasteiger partial charge < -0.3 is 4.74 Å². The predicted molar refractivity (Wildman–Crippen MR) is 52.1 cm³/mol. The van der Waals surface area contributed by atoms with Crippen LogP contribution < -0.4 is 4.74 Å². The average molecular weight is 189 g/mol. The number of nitriles is 1. The number of hydrogen-bond donors (Lipinski definition) is 0. The van der Waals surface area contributed by atoms with Gasteiger partial charge in [0.25, 0.3) is 0 Å². The highest BCUT2D eigenvalue weighted by molar-refractivity contribution is 5.78. The minimum Gasteiger partial charge on any atom is -0.495 e. The standard InChI is InChI=1S/C11H11NO2/c1-8(13)5-9-3-4-10(7-12)11(6-9)14-2/h3-4,6H,5H2,1-2H3. The molecule has 72 valence electrons. The van der Waals surface area contributed by atoms with E-state index in [4.69, 9.17) is 10.00 Å². The number of rotatable bonds is 3. The average Bonchev–Trinajstić information content (AvgIpc) is 2.16. The molecule has 3 nitrogen and oxygen atoms in total. The van der Waals surface area contributed by atoms with Crippen molar-refractivity contribution >= 4 is 5.78 Å². The van der Waals surface area contributed by atoms with Gasteiger partial charge in [-0.05, 0) is 24.6 Å². The molecule has 0 heterocycles. The van der Waals surface area contributed by atoms with Crippen LogP contribution in [0, 0.1) is 11.3 Å². The second kappa shape index (κ2) is 4.43. The van der Waals surface area contributed by atoms with Crippen molar-refractivity contribution in [2.45, 2.75) is 13.3 Å². The first-order chi connectivity index (χ1) is 6.67. The first-order valence-corrected chi connectivity index (χ1v) is 4.24. The van der Waals surface area contributed by atoms with E-state index in [1.165, 1.54) is 14.0 Å². The zero-order chi connectivity index (χ0) is 10.6. The maximum Gasteiger partial charge on any atom is 0.136 e. The van der Waals surface area contributed by atoms with Crippen molar-refractivity contribution in [2.24, 2.45) is 0 Å². The van der Waals surface area contributed by atoms with Crippen molar-refractivity contribution in [1.29, 1.82) is 5.26 Å². The molecule has 0 unspecified atom stereocenters. The van der Waals surface area contributed by atoms with E-state index in [9.17, 15) is 4.79 Å². The lowest BCUT2D eigenvalue weighted by atomic mass is 10.1. The first kappa shape index (κ1) is 10.3. The monoisotopic (exact) mass is 189 g/mol. The molecule has 0 saturated carbocycles. The Kier molecular flexibility index (Phi) is 3.24. The maximum atomic E-state index is 10.9. The first-order valence-electron chi connectivity index (χ1n) is 4.24. The Morgan fingerprint density at radius 2 is 2.29 bits per heavy atom. The predicted octanol–water partition coefficient (Wildman–Crippen LogP) is 1.70. The van der Waals surface area contributed by atoms with Gasteiger partial charge in [-0.1, -0.05) is 6.07 Å². The Hall–Kier alpha value is -1.82. The van der Waals surface area contributed by atoms with Crippen LogP contribution in [0.15, 0.2) is 18.2 Å². The fourth-order valence-electron chi connectivity index (χ4n) is 1.23. The Bertz CT molecular complexity index is 391. The minimum atomic E-state index is 0.0942. The van der Waals surface area contributed by atoms with Crippen LogP contribution in [0.1, 0.15) is 18.1 Å². The summed E-state index contributed by atoms with van der Waals surface area (Å²) in [6.07, 6.45) is 0.377. The molecule has 0 fully saturated rings. The molecule has 0 aromatic heterocycles. The van der Waals surface area contributed by atoms with Gasteiger partial charge in [0.2, 0.25) is 0 Å². The van der Waals surface area contributed by atoms with Crippen LogP contribution in [0.25, 0.3) is 0 Å². The maximum absolute atomic E-state index is 10.9. The van der Waals surface area contributed by atoms with E-state index < -0.39 is 0 Å². The quantitative estimate of drug-likeness (QED) is 0.727. The summed E-state index contributed by atoms with van der Waals surface area (Å²) in [5, 5.41) is 8.73. The van der Waals surface area contributed by atoms with Crippen molar-refractivity contribution in [3.05, 3.63) is 29.3 Å². The minimum absolute atomic E-state index is 0.0942. The second-order valence-corrected chi connectivity index (χ2v) is 3.03. The van der Waals surface area contributed by atoms with Crippen LogP contribution in [0.2, 0.25) is 0 Å². The van der Waals surface area contributed by atoms with Gasteiger partial charge in [0.05, 0.1) is 12.7 Å². The summed E-state index contributed by atoms with van der Waals surface area (Å²) in [7, 11) is 1.51. The summed E-state index contributed by atoms with van der Waals surface area (Å²) < 4.78 is 5.02. The van der Waals surface area contributed by atoms with Crippen molar-refractivity contribution in [3.8, 4) is 11.8 Å². The second-order valence-electron chi connectivity index (χ2n) is 3.03. The number of benzene rings is 1. The smallest absolute Gasteiger partial charge is 0.136 e. The summed E-state index contributed by atoms with van der Waals surface area (Å²) in [4.78, 5) is 10.9. The SMILES string of the molecule is COc1cc(CC(C)=O)ccc1C#N. The van der Waals surface area contributed by atoms with Crippen molar-refractivity contribution in [3.63, 3.8) is 0 Å². The summed E-state index contributed by atoms with van der Waals surface area (Å²) >= 11 is 0. The van der Waals surface area contributed by atoms with Crippen LogP contribution in [-0.2, 0) is 11.2 Å². The van der Waals surface area contributed by atoms with Gasteiger partial charge in [-0.2, -0.15) is 5.26 Å². The molecule has 0 radical (unpaired) electrons. The van der Waals surface area contributed by atoms with Gasteiger partial charge in [0.1, 0.15) is 17.6 Å². The van der Waals surface area contributed by atoms with E-state index >= 15 is 0 Å². The van der Waals surface area contributed by atoms with Crippen molar-refractivity contribution in [2.75, 3.05) is 7.11 Å². The van der Waals surface area contributed by atoms with Crippen LogP contribution in [-0.4, -0.2) is 12.9 Å². The summed E-state index contributed by atoms with van der Waals surface area (Å²) in [5.74, 6) is 0.614. The number of hydrogen-bond acceptors (Lipinski definition) is 3. The van der Waals surface area contributed by atoms with Crippen LogP contribution >= 0.6 is 0 Å². The lowest BCUT2D eigenvalue weighted by molar-refractivity contribution is -0.116. The molecule has 3 heteroatoms. The zero-order valence-corrected chi connectivity index (χ0v) is 8.20. The van der Waals surface area contributed by atoms with Gasteiger partial charge in [-0.25, -0.2) is 0 Å². The number of nitrogens with zero attached hydrogens (tertiary/aromatic N) is 1. The van der Waals surface area contributed by atoms with Gasteiger partial charge in [-0.3, -0.25) is 4.79 Å². The lowest BCUT2D eigenvalue weighted by Crippen LogP contribution is -1.97. The largest absolute Gasteiger partial charge is 0.495 e. The van der Waals surface area contributed by atoms with Gasteiger partial charge in [0, 0.05) is 6.42 Å². The normalized spacial score (nSPS) is 9.21. The molecule has 0 bridgehead atoms. The summed E-state index contributed by atoms with van der Waals surface area (Å²) in [5.41, 5.74) is 1.35. The summed E-state index contributed by atoms with van der Waals surface area (Å²) in [6.45, 7) is 1.53. The molecule has 0 aliphatic heterocycles. The highest BCUT2D eigenvalue weighted by Crippen LogP contribution is 2.19. The lowest BCUT2D eigenvalue weighted by Gasteiger charge is -2.04. The van der Waals surface area contributed by atoms with Crippen LogP contribution in [0.5, 0.6) is 5.75 Å². The Morgan fingerprint density at radius 3 is 2.79 bits per heavy atom. The van der Waals surface area contributed by atoms with E-state index in [2.05, 4.69) is 0 Å². The van der Waals surface area contributed by atoms with E-state index in [1.54, 1.807) is 18.2 Å². The van der Waals surface area contributed by atoms with Crippen molar-refractivity contribution < 1.29 is 9.53 Å².